The summed E-state index contributed by atoms with van der Waals surface area (Å²) in [5.74, 6) is -1.07. The van der Waals surface area contributed by atoms with Gasteiger partial charge in [-0.05, 0) is 27.7 Å². The first-order chi connectivity index (χ1) is 8.33. The number of carbonyl (C=O) groups excluding carboxylic acids is 2. The molecule has 0 spiro atoms. The largest absolute Gasteiger partial charge is 0.481 e. The van der Waals surface area contributed by atoms with Crippen molar-refractivity contribution in [2.75, 3.05) is 13.2 Å². The summed E-state index contributed by atoms with van der Waals surface area (Å²) >= 11 is 0. The Labute approximate surface area is 123 Å². The summed E-state index contributed by atoms with van der Waals surface area (Å²) < 4.78 is 9.10. The zero-order chi connectivity index (χ0) is 14.6. The van der Waals surface area contributed by atoms with Crippen molar-refractivity contribution in [3.05, 3.63) is 24.0 Å². The second-order valence-corrected chi connectivity index (χ2v) is 3.05. The predicted molar refractivity (Wildman–Crippen MR) is 66.0 cm³/mol. The van der Waals surface area contributed by atoms with Crippen molar-refractivity contribution in [2.24, 2.45) is 0 Å². The maximum atomic E-state index is 10.2. The van der Waals surface area contributed by atoms with E-state index in [1.807, 2.05) is 0 Å². The Morgan fingerprint density at radius 3 is 1.32 bits per heavy atom. The van der Waals surface area contributed by atoms with Crippen LogP contribution in [-0.2, 0) is 36.1 Å². The van der Waals surface area contributed by atoms with Crippen LogP contribution < -0.4 is 0 Å². The molecule has 0 amide bonds. The fraction of sp³-hybridized carbons (Fsp3) is 0.500. The van der Waals surface area contributed by atoms with Crippen molar-refractivity contribution in [1.82, 2.24) is 0 Å². The van der Waals surface area contributed by atoms with Gasteiger partial charge >= 0.3 is 0 Å². The normalized spacial score (nSPS) is 10.5. The third-order valence-electron chi connectivity index (χ3n) is 1.24. The summed E-state index contributed by atoms with van der Waals surface area (Å²) in [5, 5.41) is 17.3. The molecular formula is C12H20CuO6. The van der Waals surface area contributed by atoms with Crippen LogP contribution in [0.25, 0.3) is 0 Å². The minimum atomic E-state index is -0.315. The number of hydrogen-bond donors (Lipinski definition) is 2. The van der Waals surface area contributed by atoms with Crippen LogP contribution in [0.5, 0.6) is 0 Å². The van der Waals surface area contributed by atoms with Crippen molar-refractivity contribution in [2.45, 2.75) is 27.7 Å². The molecule has 0 saturated heterocycles. The molecule has 0 unspecified atom stereocenters. The van der Waals surface area contributed by atoms with E-state index in [-0.39, 0.29) is 40.5 Å². The Balaban J connectivity index is -0.000000256. The molecule has 115 valence electrons. The first-order valence-electron chi connectivity index (χ1n) is 5.41. The van der Waals surface area contributed by atoms with E-state index in [1.54, 1.807) is 13.8 Å². The molecule has 0 aromatic heterocycles. The topological polar surface area (TPSA) is 93.1 Å². The van der Waals surface area contributed by atoms with Crippen LogP contribution in [0.3, 0.4) is 0 Å². The number of ether oxygens (including phenoxy) is 2. The molecule has 6 nitrogen and oxygen atoms in total. The molecule has 0 aromatic carbocycles. The van der Waals surface area contributed by atoms with E-state index >= 15 is 0 Å². The van der Waals surface area contributed by atoms with Gasteiger partial charge in [-0.1, -0.05) is 0 Å². The van der Waals surface area contributed by atoms with Gasteiger partial charge in [0.25, 0.3) is 11.9 Å². The van der Waals surface area contributed by atoms with Gasteiger partial charge in [-0.15, -0.1) is 0 Å². The standard InChI is InChI=1S/2C6H10O3.Cu/c2*1-3-9-6(8)4-5(2)7;/h2*4,8H,3H2,1-2H3;/b2*6-4+;. The SMILES string of the molecule is CCO/C(O)=C/C(C)=O.CCO/C(O)=C/C(C)=O.[Cu]. The number of aliphatic hydroxyl groups is 2. The molecule has 0 aliphatic rings. The zero-order valence-electron chi connectivity index (χ0n) is 11.4. The van der Waals surface area contributed by atoms with Crippen molar-refractivity contribution >= 4 is 11.6 Å². The number of aliphatic hydroxyl groups excluding tert-OH is 2. The molecule has 2 N–H and O–H groups in total. The molecule has 7 heteroatoms. The van der Waals surface area contributed by atoms with Gasteiger partial charge in [0, 0.05) is 17.1 Å². The smallest absolute Gasteiger partial charge is 0.280 e. The van der Waals surface area contributed by atoms with Crippen LogP contribution in [0, 0.1) is 0 Å². The molecule has 0 aliphatic carbocycles. The Morgan fingerprint density at radius 1 is 0.895 bits per heavy atom. The molecule has 0 rings (SSSR count). The molecule has 0 heterocycles. The minimum Gasteiger partial charge on any atom is -0.481 e. The quantitative estimate of drug-likeness (QED) is 0.441. The third-order valence-corrected chi connectivity index (χ3v) is 1.24. The number of rotatable bonds is 6. The van der Waals surface area contributed by atoms with E-state index in [0.29, 0.717) is 13.2 Å². The Bertz CT molecular complexity index is 290. The molecule has 1 radical (unpaired) electrons. The van der Waals surface area contributed by atoms with Gasteiger partial charge in [-0.2, -0.15) is 0 Å². The molecular weight excluding hydrogens is 304 g/mol. The second kappa shape index (κ2) is 14.6. The third kappa shape index (κ3) is 22.2. The maximum absolute atomic E-state index is 10.2. The summed E-state index contributed by atoms with van der Waals surface area (Å²) in [7, 11) is 0. The second-order valence-electron chi connectivity index (χ2n) is 3.05. The van der Waals surface area contributed by atoms with Crippen LogP contribution in [0.15, 0.2) is 24.0 Å². The van der Waals surface area contributed by atoms with Crippen LogP contribution in [0.4, 0.5) is 0 Å². The van der Waals surface area contributed by atoms with Gasteiger partial charge in [0.05, 0.1) is 25.4 Å². The summed E-state index contributed by atoms with van der Waals surface area (Å²) in [5.41, 5.74) is 0. The molecule has 0 saturated carbocycles. The molecule has 19 heavy (non-hydrogen) atoms. The van der Waals surface area contributed by atoms with E-state index in [0.717, 1.165) is 12.2 Å². The predicted octanol–water partition coefficient (Wildman–Crippen LogP) is 2.02. The van der Waals surface area contributed by atoms with Crippen molar-refractivity contribution in [3.63, 3.8) is 0 Å². The Morgan fingerprint density at radius 2 is 1.16 bits per heavy atom. The summed E-state index contributed by atoms with van der Waals surface area (Å²) in [6, 6.07) is 0. The fourth-order valence-corrected chi connectivity index (χ4v) is 0.727. The van der Waals surface area contributed by atoms with Crippen molar-refractivity contribution < 1.29 is 46.3 Å². The van der Waals surface area contributed by atoms with Gasteiger partial charge in [0.1, 0.15) is 0 Å². The average Bonchev–Trinajstić information content (AvgIpc) is 2.16. The molecule has 0 aromatic rings. The minimum absolute atomic E-state index is 0. The zero-order valence-corrected chi connectivity index (χ0v) is 12.3. The monoisotopic (exact) mass is 323 g/mol. The first kappa shape index (κ1) is 22.7. The number of allylic oxidation sites excluding steroid dienone is 2. The number of hydrogen-bond acceptors (Lipinski definition) is 6. The molecule has 0 fully saturated rings. The van der Waals surface area contributed by atoms with E-state index in [2.05, 4.69) is 9.47 Å². The van der Waals surface area contributed by atoms with Gasteiger partial charge in [-0.25, -0.2) is 0 Å². The van der Waals surface area contributed by atoms with E-state index < -0.39 is 0 Å². The van der Waals surface area contributed by atoms with Crippen LogP contribution in [0.1, 0.15) is 27.7 Å². The van der Waals surface area contributed by atoms with Gasteiger partial charge in [0.2, 0.25) is 0 Å². The number of ketones is 2. The molecule has 0 bridgehead atoms. The average molecular weight is 324 g/mol. The van der Waals surface area contributed by atoms with Gasteiger partial charge in [0.15, 0.2) is 11.6 Å². The first-order valence-corrected chi connectivity index (χ1v) is 5.41. The summed E-state index contributed by atoms with van der Waals surface area (Å²) in [6.07, 6.45) is 2.06. The summed E-state index contributed by atoms with van der Waals surface area (Å²) in [6.45, 7) is 6.88. The Kier molecular flexibility index (Phi) is 17.4. The van der Waals surface area contributed by atoms with Crippen molar-refractivity contribution in [1.29, 1.82) is 0 Å². The van der Waals surface area contributed by atoms with Gasteiger partial charge < -0.3 is 19.7 Å². The molecule has 0 atom stereocenters. The summed E-state index contributed by atoms with van der Waals surface area (Å²) in [4.78, 5) is 20.4. The number of carbonyl (C=O) groups is 2. The van der Waals surface area contributed by atoms with Crippen molar-refractivity contribution in [3.8, 4) is 0 Å². The van der Waals surface area contributed by atoms with Crippen LogP contribution in [-0.4, -0.2) is 35.0 Å². The van der Waals surface area contributed by atoms with E-state index in [9.17, 15) is 9.59 Å². The van der Waals surface area contributed by atoms with Gasteiger partial charge in [-0.3, -0.25) is 9.59 Å². The van der Waals surface area contributed by atoms with Crippen LogP contribution in [0.2, 0.25) is 0 Å². The van der Waals surface area contributed by atoms with E-state index in [1.165, 1.54) is 13.8 Å². The fourth-order valence-electron chi connectivity index (χ4n) is 0.727. The Hall–Kier alpha value is -1.46. The molecule has 0 aliphatic heterocycles. The maximum Gasteiger partial charge on any atom is 0.280 e. The van der Waals surface area contributed by atoms with Crippen LogP contribution >= 0.6 is 0 Å². The van der Waals surface area contributed by atoms with E-state index in [4.69, 9.17) is 10.2 Å².